The molecule has 1 heterocycles. The standard InChI is InChI=1S/C13H11ClFNOS/c1-17-12-4-2-9(6-11(12)15)8-18-13-5-3-10(14)7-16-13/h2-7H,8H2,1H3. The van der Waals surface area contributed by atoms with Gasteiger partial charge in [-0.05, 0) is 29.8 Å². The van der Waals surface area contributed by atoms with Crippen LogP contribution in [0.3, 0.4) is 0 Å². The summed E-state index contributed by atoms with van der Waals surface area (Å²) < 4.78 is 18.3. The van der Waals surface area contributed by atoms with E-state index >= 15 is 0 Å². The summed E-state index contributed by atoms with van der Waals surface area (Å²) in [5.41, 5.74) is 0.884. The van der Waals surface area contributed by atoms with Crippen molar-refractivity contribution in [2.24, 2.45) is 0 Å². The molecule has 0 aliphatic heterocycles. The van der Waals surface area contributed by atoms with E-state index in [2.05, 4.69) is 4.98 Å². The fourth-order valence-electron chi connectivity index (χ4n) is 1.40. The van der Waals surface area contributed by atoms with Gasteiger partial charge in [-0.1, -0.05) is 17.7 Å². The van der Waals surface area contributed by atoms with Crippen LogP contribution < -0.4 is 4.74 Å². The number of methoxy groups -OCH3 is 1. The smallest absolute Gasteiger partial charge is 0.165 e. The fraction of sp³-hybridized carbons (Fsp3) is 0.154. The van der Waals surface area contributed by atoms with Crippen LogP contribution in [-0.2, 0) is 5.75 Å². The molecule has 0 bridgehead atoms. The molecular formula is C13H11ClFNOS. The topological polar surface area (TPSA) is 22.1 Å². The first-order valence-electron chi connectivity index (χ1n) is 5.26. The SMILES string of the molecule is COc1ccc(CSc2ccc(Cl)cn2)cc1F. The van der Waals surface area contributed by atoms with E-state index in [-0.39, 0.29) is 11.6 Å². The number of halogens is 2. The van der Waals surface area contributed by atoms with Crippen LogP contribution in [0.25, 0.3) is 0 Å². The lowest BCUT2D eigenvalue weighted by atomic mass is 10.2. The van der Waals surface area contributed by atoms with Gasteiger partial charge in [-0.25, -0.2) is 9.37 Å². The van der Waals surface area contributed by atoms with Gasteiger partial charge in [0.2, 0.25) is 0 Å². The van der Waals surface area contributed by atoms with Gasteiger partial charge in [0.15, 0.2) is 11.6 Å². The summed E-state index contributed by atoms with van der Waals surface area (Å²) in [4.78, 5) is 4.16. The number of aromatic nitrogens is 1. The van der Waals surface area contributed by atoms with Gasteiger partial charge in [-0.3, -0.25) is 0 Å². The normalized spacial score (nSPS) is 10.4. The van der Waals surface area contributed by atoms with Crippen molar-refractivity contribution in [1.29, 1.82) is 0 Å². The zero-order chi connectivity index (χ0) is 13.0. The summed E-state index contributed by atoms with van der Waals surface area (Å²) in [5, 5.41) is 1.46. The van der Waals surface area contributed by atoms with Crippen molar-refractivity contribution < 1.29 is 9.13 Å². The Balaban J connectivity index is 2.02. The van der Waals surface area contributed by atoms with Crippen LogP contribution in [0.5, 0.6) is 5.75 Å². The van der Waals surface area contributed by atoms with E-state index in [0.29, 0.717) is 10.8 Å². The molecule has 0 aliphatic carbocycles. The highest BCUT2D eigenvalue weighted by molar-refractivity contribution is 7.98. The Labute approximate surface area is 114 Å². The lowest BCUT2D eigenvalue weighted by Crippen LogP contribution is -1.90. The van der Waals surface area contributed by atoms with Crippen molar-refractivity contribution in [2.75, 3.05) is 7.11 Å². The largest absolute Gasteiger partial charge is 0.494 e. The molecule has 5 heteroatoms. The van der Waals surface area contributed by atoms with E-state index in [0.717, 1.165) is 10.6 Å². The van der Waals surface area contributed by atoms with Crippen LogP contribution in [0.1, 0.15) is 5.56 Å². The molecule has 0 amide bonds. The Hall–Kier alpha value is -1.26. The molecule has 0 radical (unpaired) electrons. The molecule has 18 heavy (non-hydrogen) atoms. The minimum Gasteiger partial charge on any atom is -0.494 e. The highest BCUT2D eigenvalue weighted by Gasteiger charge is 2.04. The lowest BCUT2D eigenvalue weighted by molar-refractivity contribution is 0.386. The van der Waals surface area contributed by atoms with Crippen LogP contribution >= 0.6 is 23.4 Å². The van der Waals surface area contributed by atoms with Gasteiger partial charge < -0.3 is 4.74 Å². The summed E-state index contributed by atoms with van der Waals surface area (Å²) in [7, 11) is 1.45. The minimum absolute atomic E-state index is 0.258. The molecule has 1 aromatic heterocycles. The molecule has 2 nitrogen and oxygen atoms in total. The predicted molar refractivity (Wildman–Crippen MR) is 71.8 cm³/mol. The highest BCUT2D eigenvalue weighted by atomic mass is 35.5. The van der Waals surface area contributed by atoms with Crippen molar-refractivity contribution in [2.45, 2.75) is 10.8 Å². The van der Waals surface area contributed by atoms with Gasteiger partial charge in [-0.15, -0.1) is 11.8 Å². The number of hydrogen-bond acceptors (Lipinski definition) is 3. The highest BCUT2D eigenvalue weighted by Crippen LogP contribution is 2.24. The number of benzene rings is 1. The molecule has 94 valence electrons. The number of rotatable bonds is 4. The Bertz CT molecular complexity index is 533. The summed E-state index contributed by atoms with van der Waals surface area (Å²) in [5.74, 6) is 0.559. The van der Waals surface area contributed by atoms with E-state index in [9.17, 15) is 4.39 Å². The Morgan fingerprint density at radius 3 is 2.78 bits per heavy atom. The summed E-state index contributed by atoms with van der Waals surface area (Å²) >= 11 is 7.27. The molecule has 0 spiro atoms. The average Bonchev–Trinajstić information content (AvgIpc) is 2.38. The predicted octanol–water partition coefficient (Wildman–Crippen LogP) is 4.18. The molecule has 1 aromatic carbocycles. The number of nitrogens with zero attached hydrogens (tertiary/aromatic N) is 1. The van der Waals surface area contributed by atoms with Crippen LogP contribution in [0.15, 0.2) is 41.6 Å². The van der Waals surface area contributed by atoms with Crippen molar-refractivity contribution in [3.63, 3.8) is 0 Å². The molecule has 0 saturated heterocycles. The lowest BCUT2D eigenvalue weighted by Gasteiger charge is -2.05. The number of ether oxygens (including phenoxy) is 1. The average molecular weight is 284 g/mol. The van der Waals surface area contributed by atoms with Gasteiger partial charge in [0, 0.05) is 11.9 Å². The molecule has 2 aromatic rings. The maximum atomic E-state index is 13.5. The van der Waals surface area contributed by atoms with Gasteiger partial charge in [0.05, 0.1) is 17.2 Å². The molecule has 0 atom stereocenters. The number of hydrogen-bond donors (Lipinski definition) is 0. The molecule has 0 unspecified atom stereocenters. The summed E-state index contributed by atoms with van der Waals surface area (Å²) in [6.45, 7) is 0. The van der Waals surface area contributed by atoms with Crippen LogP contribution in [0, 0.1) is 5.82 Å². The molecule has 0 saturated carbocycles. The van der Waals surface area contributed by atoms with E-state index < -0.39 is 0 Å². The van der Waals surface area contributed by atoms with Gasteiger partial charge in [0.25, 0.3) is 0 Å². The molecular weight excluding hydrogens is 273 g/mol. The molecule has 2 rings (SSSR count). The van der Waals surface area contributed by atoms with Crippen molar-refractivity contribution in [1.82, 2.24) is 4.98 Å². The van der Waals surface area contributed by atoms with Gasteiger partial charge in [-0.2, -0.15) is 0 Å². The molecule has 0 aliphatic rings. The summed E-state index contributed by atoms with van der Waals surface area (Å²) in [6.07, 6.45) is 1.60. The quantitative estimate of drug-likeness (QED) is 0.786. The molecule has 0 N–H and O–H groups in total. The minimum atomic E-state index is -0.348. The monoisotopic (exact) mass is 283 g/mol. The van der Waals surface area contributed by atoms with Gasteiger partial charge in [0.1, 0.15) is 0 Å². The zero-order valence-electron chi connectivity index (χ0n) is 9.69. The second kappa shape index (κ2) is 6.07. The van der Waals surface area contributed by atoms with Crippen molar-refractivity contribution in [3.05, 3.63) is 52.9 Å². The van der Waals surface area contributed by atoms with Crippen LogP contribution in [0.2, 0.25) is 5.02 Å². The first kappa shape index (κ1) is 13.2. The zero-order valence-corrected chi connectivity index (χ0v) is 11.3. The van der Waals surface area contributed by atoms with Crippen molar-refractivity contribution in [3.8, 4) is 5.75 Å². The number of pyridine rings is 1. The Kier molecular flexibility index (Phi) is 4.44. The van der Waals surface area contributed by atoms with Gasteiger partial charge >= 0.3 is 0 Å². The first-order chi connectivity index (χ1) is 8.69. The van der Waals surface area contributed by atoms with E-state index in [1.807, 2.05) is 12.1 Å². The Morgan fingerprint density at radius 1 is 1.33 bits per heavy atom. The van der Waals surface area contributed by atoms with Crippen LogP contribution in [0.4, 0.5) is 4.39 Å². The van der Waals surface area contributed by atoms with Crippen molar-refractivity contribution >= 4 is 23.4 Å². The third kappa shape index (κ3) is 3.37. The molecule has 0 fully saturated rings. The first-order valence-corrected chi connectivity index (χ1v) is 6.62. The third-order valence-corrected chi connectivity index (χ3v) is 3.54. The van der Waals surface area contributed by atoms with E-state index in [4.69, 9.17) is 16.3 Å². The Morgan fingerprint density at radius 2 is 2.17 bits per heavy atom. The second-order valence-electron chi connectivity index (χ2n) is 3.57. The van der Waals surface area contributed by atoms with Crippen LogP contribution in [-0.4, -0.2) is 12.1 Å². The third-order valence-electron chi connectivity index (χ3n) is 2.30. The number of thioether (sulfide) groups is 1. The fourth-order valence-corrected chi connectivity index (χ4v) is 2.30. The summed E-state index contributed by atoms with van der Waals surface area (Å²) in [6, 6.07) is 8.56. The second-order valence-corrected chi connectivity index (χ2v) is 5.00. The maximum absolute atomic E-state index is 13.5. The maximum Gasteiger partial charge on any atom is 0.165 e. The van der Waals surface area contributed by atoms with E-state index in [1.165, 1.54) is 24.9 Å². The van der Waals surface area contributed by atoms with E-state index in [1.54, 1.807) is 18.3 Å².